The summed E-state index contributed by atoms with van der Waals surface area (Å²) in [6, 6.07) is 18.8. The van der Waals surface area contributed by atoms with Crippen molar-refractivity contribution < 1.29 is 14.6 Å². The highest BCUT2D eigenvalue weighted by molar-refractivity contribution is 5.84. The molecule has 0 radical (unpaired) electrons. The Morgan fingerprint density at radius 3 is 2.38 bits per heavy atom. The van der Waals surface area contributed by atoms with Gasteiger partial charge in [0.2, 0.25) is 0 Å². The summed E-state index contributed by atoms with van der Waals surface area (Å²) in [4.78, 5) is 15.3. The molecule has 0 aliphatic heterocycles. The topological polar surface area (TPSA) is 71.5 Å². The zero-order valence-electron chi connectivity index (χ0n) is 20.5. The minimum absolute atomic E-state index is 0.110. The van der Waals surface area contributed by atoms with E-state index in [4.69, 9.17) is 14.8 Å². The number of hydrogen-bond donors (Lipinski definition) is 2. The summed E-state index contributed by atoms with van der Waals surface area (Å²) in [6.45, 7) is 8.04. The third kappa shape index (κ3) is 6.35. The normalized spacial score (nSPS) is 18.7. The van der Waals surface area contributed by atoms with Crippen molar-refractivity contribution in [2.24, 2.45) is 11.3 Å². The van der Waals surface area contributed by atoms with E-state index < -0.39 is 5.97 Å². The molecule has 2 N–H and O–H groups in total. The van der Waals surface area contributed by atoms with Crippen molar-refractivity contribution in [3.8, 4) is 16.9 Å². The second-order valence-electron chi connectivity index (χ2n) is 10.5. The molecule has 1 heterocycles. The number of nitrogens with zero attached hydrogens (tertiary/aromatic N) is 1. The number of pyridine rings is 1. The van der Waals surface area contributed by atoms with Crippen molar-refractivity contribution in [3.05, 3.63) is 60.3 Å². The lowest BCUT2D eigenvalue weighted by Crippen LogP contribution is -2.30. The molecule has 0 bridgehead atoms. The summed E-state index contributed by atoms with van der Waals surface area (Å²) < 4.78 is 6.30. The number of ether oxygens (including phenoxy) is 1. The van der Waals surface area contributed by atoms with Gasteiger partial charge < -0.3 is 15.2 Å². The van der Waals surface area contributed by atoms with Crippen LogP contribution in [0.15, 0.2) is 54.6 Å². The van der Waals surface area contributed by atoms with E-state index in [9.17, 15) is 4.79 Å². The number of carboxylic acids is 1. The molecule has 180 valence electrons. The number of nitrogens with one attached hydrogen (secondary N) is 1. The van der Waals surface area contributed by atoms with Crippen LogP contribution in [-0.4, -0.2) is 28.7 Å². The summed E-state index contributed by atoms with van der Waals surface area (Å²) in [5.74, 6) is 0.946. The number of benzene rings is 2. The van der Waals surface area contributed by atoms with E-state index in [2.05, 4.69) is 68.6 Å². The van der Waals surface area contributed by atoms with Crippen LogP contribution in [0.2, 0.25) is 0 Å². The number of carbonyl (C=O) groups is 1. The van der Waals surface area contributed by atoms with Gasteiger partial charge in [0.1, 0.15) is 5.75 Å². The lowest BCUT2D eigenvalue weighted by molar-refractivity contribution is -0.136. The van der Waals surface area contributed by atoms with Crippen LogP contribution in [0, 0.1) is 11.3 Å². The first kappa shape index (κ1) is 24.2. The Kier molecular flexibility index (Phi) is 7.52. The van der Waals surface area contributed by atoms with E-state index in [1.165, 1.54) is 12.8 Å². The maximum absolute atomic E-state index is 10.6. The highest BCUT2D eigenvalue weighted by Gasteiger charge is 2.30. The van der Waals surface area contributed by atoms with Crippen LogP contribution in [0.3, 0.4) is 0 Å². The van der Waals surface area contributed by atoms with Crippen molar-refractivity contribution in [2.75, 3.05) is 6.54 Å². The maximum Gasteiger partial charge on any atom is 0.304 e. The largest absolute Gasteiger partial charge is 0.490 e. The molecule has 5 heteroatoms. The molecular formula is C29H36N2O3. The van der Waals surface area contributed by atoms with E-state index in [-0.39, 0.29) is 6.42 Å². The van der Waals surface area contributed by atoms with Crippen LogP contribution in [0.1, 0.15) is 58.6 Å². The van der Waals surface area contributed by atoms with Crippen molar-refractivity contribution in [3.63, 3.8) is 0 Å². The molecule has 4 rings (SSSR count). The van der Waals surface area contributed by atoms with Crippen LogP contribution in [0.25, 0.3) is 22.0 Å². The number of aliphatic carboxylic acids is 1. The number of aromatic nitrogens is 1. The van der Waals surface area contributed by atoms with Crippen LogP contribution < -0.4 is 10.1 Å². The Labute approximate surface area is 202 Å². The molecule has 5 nitrogen and oxygen atoms in total. The maximum atomic E-state index is 10.6. The molecule has 1 aliphatic rings. The van der Waals surface area contributed by atoms with E-state index in [0.29, 0.717) is 24.6 Å². The van der Waals surface area contributed by atoms with Crippen LogP contribution in [0.5, 0.6) is 5.75 Å². The Bertz CT molecular complexity index is 1110. The van der Waals surface area contributed by atoms with Gasteiger partial charge in [-0.3, -0.25) is 9.78 Å². The first-order valence-corrected chi connectivity index (χ1v) is 12.4. The van der Waals surface area contributed by atoms with E-state index in [1.807, 2.05) is 12.1 Å². The van der Waals surface area contributed by atoms with Gasteiger partial charge in [-0.2, -0.15) is 0 Å². The van der Waals surface area contributed by atoms with Gasteiger partial charge in [-0.05, 0) is 78.5 Å². The molecule has 2 aromatic carbocycles. The number of fused-ring (bicyclic) bond motifs is 1. The van der Waals surface area contributed by atoms with Gasteiger partial charge in [-0.15, -0.1) is 0 Å². The standard InChI is InChI=1S/C29H36N2O3/c1-29(2,3)23-8-13-26(14-9-23)34-25-11-5-20(6-12-25)21-7-15-27-22(18-21)4-10-24(31-27)19-30-17-16-28(32)33/h4-7,10-12,15,18,23,26,30H,8-9,13-14,16-17,19H2,1-3H3,(H,32,33). The second-order valence-corrected chi connectivity index (χ2v) is 10.5. The fraction of sp³-hybridized carbons (Fsp3) is 0.448. The average Bonchev–Trinajstić information content (AvgIpc) is 2.81. The van der Waals surface area contributed by atoms with E-state index in [0.717, 1.165) is 52.2 Å². The van der Waals surface area contributed by atoms with Crippen molar-refractivity contribution in [1.82, 2.24) is 10.3 Å². The summed E-state index contributed by atoms with van der Waals surface area (Å²) in [7, 11) is 0. The van der Waals surface area contributed by atoms with Gasteiger partial charge in [-0.25, -0.2) is 0 Å². The molecule has 0 saturated heterocycles. The Morgan fingerprint density at radius 1 is 1.00 bits per heavy atom. The fourth-order valence-electron chi connectivity index (χ4n) is 4.82. The zero-order valence-corrected chi connectivity index (χ0v) is 20.5. The van der Waals surface area contributed by atoms with Crippen LogP contribution >= 0.6 is 0 Å². The monoisotopic (exact) mass is 460 g/mol. The quantitative estimate of drug-likeness (QED) is 0.378. The second kappa shape index (κ2) is 10.6. The number of rotatable bonds is 8. The lowest BCUT2D eigenvalue weighted by atomic mass is 9.72. The Balaban J connectivity index is 1.35. The molecule has 1 fully saturated rings. The van der Waals surface area contributed by atoms with Crippen LogP contribution in [-0.2, 0) is 11.3 Å². The molecule has 3 aromatic rings. The SMILES string of the molecule is CC(C)(C)C1CCC(Oc2ccc(-c3ccc4nc(CNCCC(=O)O)ccc4c3)cc2)CC1. The van der Waals surface area contributed by atoms with Gasteiger partial charge in [0.15, 0.2) is 0 Å². The van der Waals surface area contributed by atoms with Gasteiger partial charge in [0, 0.05) is 18.5 Å². The third-order valence-corrected chi connectivity index (χ3v) is 6.96. The average molecular weight is 461 g/mol. The smallest absolute Gasteiger partial charge is 0.304 e. The lowest BCUT2D eigenvalue weighted by Gasteiger charge is -2.36. The number of hydrogen-bond acceptors (Lipinski definition) is 4. The fourth-order valence-corrected chi connectivity index (χ4v) is 4.82. The van der Waals surface area contributed by atoms with Gasteiger partial charge >= 0.3 is 5.97 Å². The molecule has 0 amide bonds. The van der Waals surface area contributed by atoms with Crippen LogP contribution in [0.4, 0.5) is 0 Å². The molecule has 0 atom stereocenters. The highest BCUT2D eigenvalue weighted by Crippen LogP contribution is 2.39. The Hall–Kier alpha value is -2.92. The molecular weight excluding hydrogens is 424 g/mol. The minimum atomic E-state index is -0.797. The molecule has 1 aromatic heterocycles. The van der Waals surface area contributed by atoms with Gasteiger partial charge in [0.05, 0.1) is 23.7 Å². The summed E-state index contributed by atoms with van der Waals surface area (Å²) >= 11 is 0. The van der Waals surface area contributed by atoms with E-state index in [1.54, 1.807) is 0 Å². The summed E-state index contributed by atoms with van der Waals surface area (Å²) in [5, 5.41) is 12.9. The van der Waals surface area contributed by atoms with Crippen molar-refractivity contribution >= 4 is 16.9 Å². The summed E-state index contributed by atoms with van der Waals surface area (Å²) in [5.41, 5.74) is 4.54. The highest BCUT2D eigenvalue weighted by atomic mass is 16.5. The predicted octanol–water partition coefficient (Wildman–Crippen LogP) is 6.45. The number of carboxylic acid groups (broad SMARTS) is 1. The molecule has 34 heavy (non-hydrogen) atoms. The molecule has 1 saturated carbocycles. The molecule has 0 unspecified atom stereocenters. The van der Waals surface area contributed by atoms with Gasteiger partial charge in [-0.1, -0.05) is 45.0 Å². The Morgan fingerprint density at radius 2 is 1.71 bits per heavy atom. The summed E-state index contributed by atoms with van der Waals surface area (Å²) in [6.07, 6.45) is 5.20. The minimum Gasteiger partial charge on any atom is -0.490 e. The van der Waals surface area contributed by atoms with Crippen molar-refractivity contribution in [2.45, 2.75) is 65.5 Å². The third-order valence-electron chi connectivity index (χ3n) is 6.96. The molecule has 0 spiro atoms. The van der Waals surface area contributed by atoms with Gasteiger partial charge in [0.25, 0.3) is 0 Å². The van der Waals surface area contributed by atoms with Crippen molar-refractivity contribution in [1.29, 1.82) is 0 Å². The zero-order chi connectivity index (χ0) is 24.1. The first-order chi connectivity index (χ1) is 16.3. The van der Waals surface area contributed by atoms with E-state index >= 15 is 0 Å². The molecule has 1 aliphatic carbocycles. The predicted molar refractivity (Wildman–Crippen MR) is 137 cm³/mol. The first-order valence-electron chi connectivity index (χ1n) is 12.4.